The Bertz CT molecular complexity index is 2410. The van der Waals surface area contributed by atoms with Crippen LogP contribution in [0.2, 0.25) is 0 Å². The lowest BCUT2D eigenvalue weighted by Crippen LogP contribution is -2.02. The van der Waals surface area contributed by atoms with E-state index in [1.54, 1.807) is 0 Å². The predicted molar refractivity (Wildman–Crippen MR) is 370 cm³/mol. The number of rotatable bonds is 48. The van der Waals surface area contributed by atoms with Crippen molar-refractivity contribution in [2.24, 2.45) is 5.92 Å². The number of hydrogen-bond donors (Lipinski definition) is 3. The van der Waals surface area contributed by atoms with Gasteiger partial charge in [0.05, 0.1) is 6.61 Å². The van der Waals surface area contributed by atoms with Gasteiger partial charge in [-0.3, -0.25) is 4.52 Å². The van der Waals surface area contributed by atoms with Gasteiger partial charge in [-0.1, -0.05) is 170 Å². The normalized spacial score (nSPS) is 16.0. The number of allylic oxidation sites excluding steroid dienone is 28. The molecule has 0 aromatic rings. The summed E-state index contributed by atoms with van der Waals surface area (Å²) >= 11 is 0. The Kier molecular flexibility index (Phi) is 47.6. The highest BCUT2D eigenvalue weighted by Crippen LogP contribution is 2.57. The first-order chi connectivity index (χ1) is 39.6. The molecule has 0 aliphatic heterocycles. The van der Waals surface area contributed by atoms with E-state index >= 15 is 0 Å². The van der Waals surface area contributed by atoms with Crippen molar-refractivity contribution in [3.63, 3.8) is 0 Å². The highest BCUT2D eigenvalue weighted by atomic mass is 31.3. The van der Waals surface area contributed by atoms with Crippen molar-refractivity contribution in [1.82, 2.24) is 0 Å². The van der Waals surface area contributed by atoms with Crippen LogP contribution in [0.1, 0.15) is 297 Å². The van der Waals surface area contributed by atoms with E-state index in [1.165, 1.54) is 104 Å². The standard InChI is InChI=1S/C75H126O7P2/c1-61(2)31-17-32-62(3)33-18-34-63(4)35-19-36-64(5)37-20-38-65(6)39-21-40-66(7)41-22-42-67(8)43-23-44-68(9)45-24-46-69(10)47-25-48-70(11)49-26-50-71(12)51-27-52-72(13)53-28-54-73(14)55-29-56-74(15)57-30-58-75(16)59-60-81-84(79,80)82-83(76,77)78/h31,33,35,37,39,41,43,45,47,49,51,53,55,57,75H,17-30,32,34,36,38,40,42,44,46,48,50,52,54,56,58-60H2,1-16H3,(H,79,80)(H2,76,77,78)/b62-33+,63-35+,64-37-,65-39-,66-41-,67-43-,68-45-,69-47-,70-49-,71-51-,72-53-,73-55-,74-57-. The topological polar surface area (TPSA) is 113 Å². The molecular formula is C75H126O7P2. The molecule has 0 saturated heterocycles. The van der Waals surface area contributed by atoms with Crippen molar-refractivity contribution >= 4 is 15.6 Å². The number of hydrogen-bond acceptors (Lipinski definition) is 4. The van der Waals surface area contributed by atoms with Crippen molar-refractivity contribution in [1.29, 1.82) is 0 Å². The monoisotopic (exact) mass is 1200 g/mol. The second-order valence-corrected chi connectivity index (χ2v) is 28.1. The molecule has 0 amide bonds. The van der Waals surface area contributed by atoms with E-state index < -0.39 is 15.6 Å². The third kappa shape index (κ3) is 54.0. The molecule has 0 radical (unpaired) electrons. The molecule has 0 bridgehead atoms. The second-order valence-electron chi connectivity index (χ2n) is 25.3. The van der Waals surface area contributed by atoms with Crippen LogP contribution < -0.4 is 0 Å². The molecule has 0 rings (SSSR count). The van der Waals surface area contributed by atoms with Gasteiger partial charge in [0.2, 0.25) is 0 Å². The minimum absolute atomic E-state index is 0.113. The average Bonchev–Trinajstić information content (AvgIpc) is 3.40. The number of phosphoric acid groups is 2. The molecule has 0 saturated carbocycles. The third-order valence-corrected chi connectivity index (χ3v) is 17.9. The molecule has 0 heterocycles. The highest BCUT2D eigenvalue weighted by molar-refractivity contribution is 7.60. The molecule has 2 atom stereocenters. The lowest BCUT2D eigenvalue weighted by molar-refractivity contribution is 0.170. The number of phosphoric ester groups is 1. The van der Waals surface area contributed by atoms with Gasteiger partial charge >= 0.3 is 15.6 Å². The molecule has 3 N–H and O–H groups in total. The highest BCUT2D eigenvalue weighted by Gasteiger charge is 2.32. The van der Waals surface area contributed by atoms with Gasteiger partial charge in [0.15, 0.2) is 0 Å². The molecule has 7 nitrogen and oxygen atoms in total. The van der Waals surface area contributed by atoms with Gasteiger partial charge in [-0.15, -0.1) is 0 Å². The van der Waals surface area contributed by atoms with Crippen LogP contribution in [-0.2, 0) is 18.0 Å². The van der Waals surface area contributed by atoms with Crippen LogP contribution in [-0.4, -0.2) is 21.3 Å². The maximum absolute atomic E-state index is 11.6. The van der Waals surface area contributed by atoms with Crippen molar-refractivity contribution < 1.29 is 32.6 Å². The summed E-state index contributed by atoms with van der Waals surface area (Å²) in [4.78, 5) is 26.8. The zero-order valence-electron chi connectivity index (χ0n) is 56.7. The van der Waals surface area contributed by atoms with E-state index in [9.17, 15) is 14.0 Å². The molecular weight excluding hydrogens is 1070 g/mol. The summed E-state index contributed by atoms with van der Waals surface area (Å²) in [7, 11) is -9.87. The minimum atomic E-state index is -5.09. The van der Waals surface area contributed by atoms with E-state index in [0.29, 0.717) is 6.42 Å². The molecule has 478 valence electrons. The smallest absolute Gasteiger partial charge is 0.302 e. The van der Waals surface area contributed by atoms with Crippen LogP contribution in [0, 0.1) is 5.92 Å². The van der Waals surface area contributed by atoms with E-state index in [0.717, 1.165) is 154 Å². The predicted octanol–water partition coefficient (Wildman–Crippen LogP) is 25.4. The lowest BCUT2D eigenvalue weighted by atomic mass is 10.0. The maximum Gasteiger partial charge on any atom is 0.481 e. The Morgan fingerprint density at radius 3 is 0.655 bits per heavy atom. The Morgan fingerprint density at radius 2 is 0.476 bits per heavy atom. The molecule has 0 aromatic carbocycles. The molecule has 0 fully saturated rings. The van der Waals surface area contributed by atoms with E-state index in [1.807, 2.05) is 6.92 Å². The van der Waals surface area contributed by atoms with E-state index in [4.69, 9.17) is 9.79 Å². The molecule has 2 unspecified atom stereocenters. The molecule has 0 aromatic heterocycles. The van der Waals surface area contributed by atoms with Gasteiger partial charge in [0.1, 0.15) is 0 Å². The molecule has 0 aliphatic rings. The SMILES string of the molecule is CC(C)=CCC/C(C)=C/CC/C(C)=C/CC/C(C)=C\CC/C(C)=C\CC/C(C)=C\CC/C(C)=C\CC/C(C)=C\CC/C(C)=C\CC/C(C)=C\CC/C(C)=C\CC/C(C)=C\CC/C(C)=C\CC/C(C)=C\CCC(C)CCOP(=O)(O)OP(=O)(O)O. The summed E-state index contributed by atoms with van der Waals surface area (Å²) in [6, 6.07) is 0. The Balaban J connectivity index is 4.33. The average molecular weight is 1200 g/mol. The van der Waals surface area contributed by atoms with Crippen LogP contribution in [0.5, 0.6) is 0 Å². The van der Waals surface area contributed by atoms with Gasteiger partial charge in [-0.05, 0) is 296 Å². The Morgan fingerprint density at radius 1 is 0.298 bits per heavy atom. The van der Waals surface area contributed by atoms with Crippen molar-refractivity contribution in [3.8, 4) is 0 Å². The van der Waals surface area contributed by atoms with Gasteiger partial charge < -0.3 is 14.7 Å². The van der Waals surface area contributed by atoms with Gasteiger partial charge in [0, 0.05) is 0 Å². The summed E-state index contributed by atoms with van der Waals surface area (Å²) in [5, 5.41) is 0. The van der Waals surface area contributed by atoms with Crippen molar-refractivity contribution in [2.75, 3.05) is 6.61 Å². The first-order valence-electron chi connectivity index (χ1n) is 32.5. The lowest BCUT2D eigenvalue weighted by Gasteiger charge is -2.14. The van der Waals surface area contributed by atoms with Crippen LogP contribution >= 0.6 is 15.6 Å². The Labute approximate surface area is 518 Å². The van der Waals surface area contributed by atoms with Crippen LogP contribution in [0.4, 0.5) is 0 Å². The van der Waals surface area contributed by atoms with Crippen LogP contribution in [0.3, 0.4) is 0 Å². The second kappa shape index (κ2) is 49.6. The third-order valence-electron chi connectivity index (χ3n) is 15.7. The summed E-state index contributed by atoms with van der Waals surface area (Å²) in [6.45, 7) is 35.9. The van der Waals surface area contributed by atoms with E-state index in [2.05, 4.69) is 198 Å². The van der Waals surface area contributed by atoms with Gasteiger partial charge in [0.25, 0.3) is 0 Å². The van der Waals surface area contributed by atoms with Crippen LogP contribution in [0.25, 0.3) is 0 Å². The zero-order valence-corrected chi connectivity index (χ0v) is 58.5. The van der Waals surface area contributed by atoms with Crippen LogP contribution in [0.15, 0.2) is 163 Å². The van der Waals surface area contributed by atoms with Crippen molar-refractivity contribution in [3.05, 3.63) is 163 Å². The maximum atomic E-state index is 11.6. The van der Waals surface area contributed by atoms with E-state index in [-0.39, 0.29) is 12.5 Å². The zero-order chi connectivity index (χ0) is 63.2. The summed E-state index contributed by atoms with van der Waals surface area (Å²) in [5.41, 5.74) is 20.8. The largest absolute Gasteiger partial charge is 0.481 e. The van der Waals surface area contributed by atoms with Gasteiger partial charge in [-0.25, -0.2) is 9.13 Å². The van der Waals surface area contributed by atoms with Crippen molar-refractivity contribution in [2.45, 2.75) is 297 Å². The van der Waals surface area contributed by atoms with Gasteiger partial charge in [-0.2, -0.15) is 4.31 Å². The molecule has 9 heteroatoms. The molecule has 84 heavy (non-hydrogen) atoms. The summed E-state index contributed by atoms with van der Waals surface area (Å²) in [6.07, 6.45) is 65.6. The molecule has 0 aliphatic carbocycles. The summed E-state index contributed by atoms with van der Waals surface area (Å²) in [5.74, 6) is 0.219. The molecule has 0 spiro atoms. The quantitative estimate of drug-likeness (QED) is 0.0411. The fraction of sp³-hybridized carbons (Fsp3) is 0.627. The first kappa shape index (κ1) is 80.6. The Hall–Kier alpha value is -3.38. The fourth-order valence-electron chi connectivity index (χ4n) is 9.76. The first-order valence-corrected chi connectivity index (χ1v) is 35.6. The fourth-order valence-corrected chi connectivity index (χ4v) is 11.4. The summed E-state index contributed by atoms with van der Waals surface area (Å²) < 4.78 is 30.9. The minimum Gasteiger partial charge on any atom is -0.302 e.